The molecule has 1 aliphatic heterocycles. The number of hydrogen-bond donors (Lipinski definition) is 3. The van der Waals surface area contributed by atoms with Gasteiger partial charge in [0, 0.05) is 11.7 Å². The van der Waals surface area contributed by atoms with Crippen LogP contribution in [0.25, 0.3) is 10.8 Å². The van der Waals surface area contributed by atoms with Gasteiger partial charge in [-0.3, -0.25) is 0 Å². The third-order valence-corrected chi connectivity index (χ3v) is 4.45. The molecule has 0 amide bonds. The Morgan fingerprint density at radius 2 is 1.50 bits per heavy atom. The van der Waals surface area contributed by atoms with Crippen molar-refractivity contribution in [3.63, 3.8) is 0 Å². The fraction of sp³-hybridized carbons (Fsp3) is 0.158. The summed E-state index contributed by atoms with van der Waals surface area (Å²) in [5.74, 6) is 0. The zero-order valence-corrected chi connectivity index (χ0v) is 12.3. The first kappa shape index (κ1) is 13.3. The fourth-order valence-electron chi connectivity index (χ4n) is 3.23. The molecule has 1 aliphatic rings. The topological polar surface area (TPSA) is 50.1 Å². The Bertz CT molecular complexity index is 812. The second-order valence-corrected chi connectivity index (χ2v) is 5.87. The van der Waals surface area contributed by atoms with Gasteiger partial charge in [0.2, 0.25) is 0 Å². The van der Waals surface area contributed by atoms with Gasteiger partial charge in [-0.25, -0.2) is 10.9 Å². The van der Waals surface area contributed by atoms with Crippen LogP contribution < -0.4 is 16.6 Å². The molecule has 2 atom stereocenters. The van der Waals surface area contributed by atoms with Gasteiger partial charge < -0.3 is 5.73 Å². The van der Waals surface area contributed by atoms with Gasteiger partial charge in [0.25, 0.3) is 0 Å². The minimum atomic E-state index is 0.248. The van der Waals surface area contributed by atoms with Crippen LogP contribution in [0.15, 0.2) is 66.7 Å². The van der Waals surface area contributed by atoms with Crippen LogP contribution in [-0.2, 0) is 0 Å². The molecule has 0 saturated carbocycles. The first-order valence-corrected chi connectivity index (χ1v) is 7.65. The minimum absolute atomic E-state index is 0.248. The van der Waals surface area contributed by atoms with Gasteiger partial charge in [0.1, 0.15) is 0 Å². The second-order valence-electron chi connectivity index (χ2n) is 5.87. The summed E-state index contributed by atoms with van der Waals surface area (Å²) in [6.45, 7) is 0. The maximum atomic E-state index is 6.09. The Hall–Kier alpha value is -2.36. The van der Waals surface area contributed by atoms with E-state index < -0.39 is 0 Å². The molecule has 4 N–H and O–H groups in total. The molecule has 0 aliphatic carbocycles. The standard InChI is InChI=1S/C19H19N3/c20-17-8-4-3-7-16(17)19-12-18(21-22-19)15-10-9-13-5-1-2-6-14(13)11-15/h1-11,18-19,21-22H,12,20H2. The highest BCUT2D eigenvalue weighted by atomic mass is 15.4. The van der Waals surface area contributed by atoms with E-state index in [1.165, 1.54) is 21.9 Å². The van der Waals surface area contributed by atoms with Gasteiger partial charge in [0.05, 0.1) is 6.04 Å². The molecule has 0 radical (unpaired) electrons. The number of anilines is 1. The summed E-state index contributed by atoms with van der Waals surface area (Å²) in [5.41, 5.74) is 16.2. The Balaban J connectivity index is 1.60. The fourth-order valence-corrected chi connectivity index (χ4v) is 3.23. The predicted molar refractivity (Wildman–Crippen MR) is 91.2 cm³/mol. The first-order chi connectivity index (χ1) is 10.8. The molecule has 1 heterocycles. The molecule has 4 rings (SSSR count). The van der Waals surface area contributed by atoms with Crippen LogP contribution in [0.3, 0.4) is 0 Å². The van der Waals surface area contributed by atoms with Crippen molar-refractivity contribution in [3.8, 4) is 0 Å². The van der Waals surface area contributed by atoms with Gasteiger partial charge in [-0.15, -0.1) is 0 Å². The maximum Gasteiger partial charge on any atom is 0.0501 e. The van der Waals surface area contributed by atoms with E-state index in [0.29, 0.717) is 6.04 Å². The number of fused-ring (bicyclic) bond motifs is 1. The van der Waals surface area contributed by atoms with E-state index in [9.17, 15) is 0 Å². The van der Waals surface area contributed by atoms with Crippen molar-refractivity contribution >= 4 is 16.5 Å². The third-order valence-electron chi connectivity index (χ3n) is 4.45. The first-order valence-electron chi connectivity index (χ1n) is 7.65. The van der Waals surface area contributed by atoms with E-state index in [4.69, 9.17) is 5.73 Å². The summed E-state index contributed by atoms with van der Waals surface area (Å²) >= 11 is 0. The number of rotatable bonds is 2. The van der Waals surface area contributed by atoms with Gasteiger partial charge in [0.15, 0.2) is 0 Å². The molecule has 22 heavy (non-hydrogen) atoms. The number of nitrogen functional groups attached to an aromatic ring is 1. The van der Waals surface area contributed by atoms with Crippen molar-refractivity contribution < 1.29 is 0 Å². The summed E-state index contributed by atoms with van der Waals surface area (Å²) in [4.78, 5) is 0. The molecule has 3 aromatic rings. The van der Waals surface area contributed by atoms with E-state index >= 15 is 0 Å². The summed E-state index contributed by atoms with van der Waals surface area (Å²) < 4.78 is 0. The molecule has 3 aromatic carbocycles. The van der Waals surface area contributed by atoms with E-state index in [1.807, 2.05) is 18.2 Å². The molecule has 3 nitrogen and oxygen atoms in total. The molecule has 0 spiro atoms. The van der Waals surface area contributed by atoms with Gasteiger partial charge >= 0.3 is 0 Å². The van der Waals surface area contributed by atoms with E-state index in [2.05, 4.69) is 59.4 Å². The molecule has 2 unspecified atom stereocenters. The average Bonchev–Trinajstić information content (AvgIpc) is 3.04. The Kier molecular flexibility index (Phi) is 3.29. The van der Waals surface area contributed by atoms with Crippen molar-refractivity contribution in [2.45, 2.75) is 18.5 Å². The highest BCUT2D eigenvalue weighted by molar-refractivity contribution is 5.83. The van der Waals surface area contributed by atoms with Crippen LogP contribution in [0, 0.1) is 0 Å². The highest BCUT2D eigenvalue weighted by Gasteiger charge is 2.27. The maximum absolute atomic E-state index is 6.09. The number of benzene rings is 3. The number of hydrogen-bond acceptors (Lipinski definition) is 3. The SMILES string of the molecule is Nc1ccccc1C1CC(c2ccc3ccccc3c2)NN1. The van der Waals surface area contributed by atoms with Crippen LogP contribution in [0.4, 0.5) is 5.69 Å². The lowest BCUT2D eigenvalue weighted by Gasteiger charge is -2.12. The molecule has 1 saturated heterocycles. The van der Waals surface area contributed by atoms with Crippen LogP contribution in [0.2, 0.25) is 0 Å². The van der Waals surface area contributed by atoms with Crippen molar-refractivity contribution in [1.82, 2.24) is 10.9 Å². The Morgan fingerprint density at radius 1 is 0.773 bits per heavy atom. The lowest BCUT2D eigenvalue weighted by atomic mass is 9.95. The predicted octanol–water partition coefficient (Wildman–Crippen LogP) is 3.70. The minimum Gasteiger partial charge on any atom is -0.398 e. The summed E-state index contributed by atoms with van der Waals surface area (Å²) in [6, 6.07) is 23.7. The van der Waals surface area contributed by atoms with Crippen LogP contribution in [0.5, 0.6) is 0 Å². The zero-order chi connectivity index (χ0) is 14.9. The number of hydrazine groups is 1. The van der Waals surface area contributed by atoms with Crippen molar-refractivity contribution in [2.24, 2.45) is 0 Å². The van der Waals surface area contributed by atoms with Crippen LogP contribution in [-0.4, -0.2) is 0 Å². The molecule has 110 valence electrons. The Morgan fingerprint density at radius 3 is 2.36 bits per heavy atom. The largest absolute Gasteiger partial charge is 0.398 e. The Labute approximate surface area is 130 Å². The summed E-state index contributed by atoms with van der Waals surface area (Å²) in [5, 5.41) is 2.56. The summed E-state index contributed by atoms with van der Waals surface area (Å²) in [6.07, 6.45) is 0.993. The number of para-hydroxylation sites is 1. The number of nitrogens with two attached hydrogens (primary N) is 1. The second kappa shape index (κ2) is 5.44. The monoisotopic (exact) mass is 289 g/mol. The quantitative estimate of drug-likeness (QED) is 0.630. The van der Waals surface area contributed by atoms with Gasteiger partial charge in [-0.1, -0.05) is 54.6 Å². The molecule has 0 aromatic heterocycles. The van der Waals surface area contributed by atoms with Crippen molar-refractivity contribution in [1.29, 1.82) is 0 Å². The van der Waals surface area contributed by atoms with E-state index in [0.717, 1.165) is 12.1 Å². The van der Waals surface area contributed by atoms with Crippen molar-refractivity contribution in [2.75, 3.05) is 5.73 Å². The number of nitrogens with one attached hydrogen (secondary N) is 2. The lowest BCUT2D eigenvalue weighted by molar-refractivity contribution is 0.556. The zero-order valence-electron chi connectivity index (χ0n) is 12.3. The smallest absolute Gasteiger partial charge is 0.0501 e. The molecule has 3 heteroatoms. The van der Waals surface area contributed by atoms with Crippen LogP contribution >= 0.6 is 0 Å². The van der Waals surface area contributed by atoms with Crippen LogP contribution in [0.1, 0.15) is 29.6 Å². The van der Waals surface area contributed by atoms with E-state index in [-0.39, 0.29) is 6.04 Å². The summed E-state index contributed by atoms with van der Waals surface area (Å²) in [7, 11) is 0. The average molecular weight is 289 g/mol. The van der Waals surface area contributed by atoms with Gasteiger partial charge in [-0.05, 0) is 40.5 Å². The normalized spacial score (nSPS) is 21.3. The molecular formula is C19H19N3. The van der Waals surface area contributed by atoms with E-state index in [1.54, 1.807) is 0 Å². The van der Waals surface area contributed by atoms with Gasteiger partial charge in [-0.2, -0.15) is 0 Å². The lowest BCUT2D eigenvalue weighted by Crippen LogP contribution is -2.27. The molecule has 1 fully saturated rings. The van der Waals surface area contributed by atoms with Crippen molar-refractivity contribution in [3.05, 3.63) is 77.9 Å². The highest BCUT2D eigenvalue weighted by Crippen LogP contribution is 2.34. The molecular weight excluding hydrogens is 270 g/mol. The third kappa shape index (κ3) is 2.34. The molecule has 0 bridgehead atoms.